The Kier molecular flexibility index (Phi) is 8.69. The molecule has 0 bridgehead atoms. The third-order valence-electron chi connectivity index (χ3n) is 3.22. The summed E-state index contributed by atoms with van der Waals surface area (Å²) in [5, 5.41) is 0. The van der Waals surface area contributed by atoms with E-state index in [4.69, 9.17) is 14.2 Å². The number of aryl methyl sites for hydroxylation is 2. The van der Waals surface area contributed by atoms with Crippen LogP contribution in [0.3, 0.4) is 0 Å². The molecule has 0 amide bonds. The van der Waals surface area contributed by atoms with Crippen molar-refractivity contribution in [2.75, 3.05) is 20.3 Å². The van der Waals surface area contributed by atoms with Crippen LogP contribution < -0.4 is 4.74 Å². The van der Waals surface area contributed by atoms with Crippen molar-refractivity contribution in [1.29, 1.82) is 0 Å². The quantitative estimate of drug-likeness (QED) is 0.608. The van der Waals surface area contributed by atoms with Crippen LogP contribution in [0.15, 0.2) is 16.6 Å². The molecule has 0 unspecified atom stereocenters. The average Bonchev–Trinajstić information content (AvgIpc) is 2.51. The molecule has 5 nitrogen and oxygen atoms in total. The second-order valence-corrected chi connectivity index (χ2v) is 5.78. The van der Waals surface area contributed by atoms with Crippen molar-refractivity contribution in [3.63, 3.8) is 0 Å². The van der Waals surface area contributed by atoms with Gasteiger partial charge in [-0.3, -0.25) is 9.59 Å². The van der Waals surface area contributed by atoms with Crippen LogP contribution in [0.1, 0.15) is 37.8 Å². The Labute approximate surface area is 145 Å². The molecule has 0 aromatic heterocycles. The highest BCUT2D eigenvalue weighted by Crippen LogP contribution is 2.30. The molecule has 1 rings (SSSR count). The topological polar surface area (TPSA) is 61.8 Å². The molecule has 0 aliphatic rings. The number of carbonyl (C=O) groups is 2. The Morgan fingerprint density at radius 3 is 1.74 bits per heavy atom. The molecule has 6 heteroatoms. The smallest absolute Gasteiger partial charge is 0.306 e. The van der Waals surface area contributed by atoms with Crippen molar-refractivity contribution >= 4 is 27.9 Å². The summed E-state index contributed by atoms with van der Waals surface area (Å²) in [5.74, 6) is 0.243. The van der Waals surface area contributed by atoms with Crippen LogP contribution in [0.4, 0.5) is 0 Å². The van der Waals surface area contributed by atoms with E-state index >= 15 is 0 Å². The number of hydrogen-bond donors (Lipinski definition) is 0. The Balaban J connectivity index is 2.85. The van der Waals surface area contributed by atoms with Gasteiger partial charge in [0.25, 0.3) is 0 Å². The van der Waals surface area contributed by atoms with E-state index in [0.29, 0.717) is 31.8 Å². The van der Waals surface area contributed by atoms with Crippen LogP contribution in [0, 0.1) is 0 Å². The lowest BCUT2D eigenvalue weighted by Crippen LogP contribution is -2.08. The van der Waals surface area contributed by atoms with Crippen molar-refractivity contribution < 1.29 is 23.8 Å². The molecule has 23 heavy (non-hydrogen) atoms. The van der Waals surface area contributed by atoms with Crippen molar-refractivity contribution in [3.05, 3.63) is 27.7 Å². The number of rotatable bonds is 9. The minimum absolute atomic E-state index is 0.234. The van der Waals surface area contributed by atoms with Crippen LogP contribution in [0.5, 0.6) is 5.75 Å². The number of benzene rings is 1. The van der Waals surface area contributed by atoms with Crippen molar-refractivity contribution in [1.82, 2.24) is 0 Å². The minimum atomic E-state index is -0.234. The lowest BCUT2D eigenvalue weighted by atomic mass is 10.0. The van der Waals surface area contributed by atoms with Gasteiger partial charge in [0.05, 0.1) is 20.3 Å². The Morgan fingerprint density at radius 1 is 0.957 bits per heavy atom. The van der Waals surface area contributed by atoms with E-state index in [9.17, 15) is 9.59 Å². The van der Waals surface area contributed by atoms with Crippen LogP contribution in [-0.2, 0) is 31.9 Å². The summed E-state index contributed by atoms with van der Waals surface area (Å²) in [6, 6.07) is 3.85. The predicted octanol–water partition coefficient (Wildman–Crippen LogP) is 3.45. The van der Waals surface area contributed by atoms with Crippen molar-refractivity contribution in [2.24, 2.45) is 0 Å². The van der Waals surface area contributed by atoms with E-state index in [1.807, 2.05) is 12.1 Å². The molecule has 0 radical (unpaired) electrons. The standard InChI is InChI=1S/C17H23BrO5/c1-4-22-15(19)8-6-12-10-14(18)11-13(17(12)21-3)7-9-16(20)23-5-2/h10-11H,4-9H2,1-3H3. The second kappa shape index (κ2) is 10.3. The number of halogens is 1. The molecule has 0 aliphatic heterocycles. The molecule has 0 spiro atoms. The average molecular weight is 387 g/mol. The first-order valence-electron chi connectivity index (χ1n) is 7.68. The largest absolute Gasteiger partial charge is 0.496 e. The van der Waals surface area contributed by atoms with Crippen molar-refractivity contribution in [2.45, 2.75) is 39.5 Å². The Bertz CT molecular complexity index is 499. The van der Waals surface area contributed by atoms with Gasteiger partial charge in [0.1, 0.15) is 5.75 Å². The van der Waals surface area contributed by atoms with E-state index in [2.05, 4.69) is 15.9 Å². The third-order valence-corrected chi connectivity index (χ3v) is 3.68. The van der Waals surface area contributed by atoms with Gasteiger partial charge in [-0.1, -0.05) is 15.9 Å². The lowest BCUT2D eigenvalue weighted by Gasteiger charge is -2.14. The summed E-state index contributed by atoms with van der Waals surface area (Å²) in [5.41, 5.74) is 1.82. The van der Waals surface area contributed by atoms with Gasteiger partial charge in [0.2, 0.25) is 0 Å². The van der Waals surface area contributed by atoms with E-state index in [0.717, 1.165) is 15.6 Å². The van der Waals surface area contributed by atoms with Crippen LogP contribution in [0.25, 0.3) is 0 Å². The number of carbonyl (C=O) groups excluding carboxylic acids is 2. The molecule has 0 saturated heterocycles. The maximum absolute atomic E-state index is 11.5. The molecule has 0 aliphatic carbocycles. The molecule has 1 aromatic carbocycles. The molecule has 1 aromatic rings. The summed E-state index contributed by atoms with van der Waals surface area (Å²) in [4.78, 5) is 23.1. The molecular formula is C17H23BrO5. The van der Waals surface area contributed by atoms with Gasteiger partial charge >= 0.3 is 11.9 Å². The number of hydrogen-bond acceptors (Lipinski definition) is 5. The van der Waals surface area contributed by atoms with Crippen LogP contribution in [-0.4, -0.2) is 32.3 Å². The van der Waals surface area contributed by atoms with E-state index in [1.54, 1.807) is 21.0 Å². The highest BCUT2D eigenvalue weighted by atomic mass is 79.9. The number of esters is 2. The van der Waals surface area contributed by atoms with Gasteiger partial charge in [0, 0.05) is 17.3 Å². The molecule has 0 atom stereocenters. The molecule has 0 fully saturated rings. The van der Waals surface area contributed by atoms with Crippen LogP contribution in [0.2, 0.25) is 0 Å². The maximum Gasteiger partial charge on any atom is 0.306 e. The first-order valence-corrected chi connectivity index (χ1v) is 8.47. The van der Waals surface area contributed by atoms with Gasteiger partial charge in [0.15, 0.2) is 0 Å². The van der Waals surface area contributed by atoms with Gasteiger partial charge < -0.3 is 14.2 Å². The molecule has 0 saturated carbocycles. The van der Waals surface area contributed by atoms with E-state index in [1.165, 1.54) is 0 Å². The summed E-state index contributed by atoms with van der Waals surface area (Å²) in [6.07, 6.45) is 1.62. The zero-order valence-electron chi connectivity index (χ0n) is 13.8. The van der Waals surface area contributed by atoms with Gasteiger partial charge in [-0.15, -0.1) is 0 Å². The normalized spacial score (nSPS) is 10.3. The summed E-state index contributed by atoms with van der Waals surface area (Å²) in [7, 11) is 1.59. The molecule has 128 valence electrons. The van der Waals surface area contributed by atoms with Gasteiger partial charge in [-0.2, -0.15) is 0 Å². The molecule has 0 heterocycles. The fraction of sp³-hybridized carbons (Fsp3) is 0.529. The first-order chi connectivity index (χ1) is 11.0. The second-order valence-electron chi connectivity index (χ2n) is 4.87. The molecular weight excluding hydrogens is 364 g/mol. The highest BCUT2D eigenvalue weighted by Gasteiger charge is 2.14. The zero-order valence-corrected chi connectivity index (χ0v) is 15.4. The number of ether oxygens (including phenoxy) is 3. The number of methoxy groups -OCH3 is 1. The predicted molar refractivity (Wildman–Crippen MR) is 90.6 cm³/mol. The maximum atomic E-state index is 11.5. The minimum Gasteiger partial charge on any atom is -0.496 e. The van der Waals surface area contributed by atoms with Crippen LogP contribution >= 0.6 is 15.9 Å². The summed E-state index contributed by atoms with van der Waals surface area (Å²) < 4.78 is 16.3. The fourth-order valence-corrected chi connectivity index (χ4v) is 2.84. The van der Waals surface area contributed by atoms with E-state index in [-0.39, 0.29) is 24.8 Å². The highest BCUT2D eigenvalue weighted by molar-refractivity contribution is 9.10. The van der Waals surface area contributed by atoms with Crippen molar-refractivity contribution in [3.8, 4) is 5.75 Å². The Morgan fingerprint density at radius 2 is 1.39 bits per heavy atom. The first kappa shape index (κ1) is 19.5. The third kappa shape index (κ3) is 6.60. The molecule has 0 N–H and O–H groups in total. The van der Waals surface area contributed by atoms with Gasteiger partial charge in [-0.05, 0) is 49.9 Å². The van der Waals surface area contributed by atoms with E-state index < -0.39 is 0 Å². The summed E-state index contributed by atoms with van der Waals surface area (Å²) >= 11 is 3.46. The summed E-state index contributed by atoms with van der Waals surface area (Å²) in [6.45, 7) is 4.31. The fourth-order valence-electron chi connectivity index (χ4n) is 2.29. The Hall–Kier alpha value is -1.56. The SMILES string of the molecule is CCOC(=O)CCc1cc(Br)cc(CCC(=O)OCC)c1OC. The zero-order chi connectivity index (χ0) is 17.2. The monoisotopic (exact) mass is 386 g/mol. The van der Waals surface area contributed by atoms with Gasteiger partial charge in [-0.25, -0.2) is 0 Å². The lowest BCUT2D eigenvalue weighted by molar-refractivity contribution is -0.143.